The Balaban J connectivity index is 2.53. The molecular weight excluding hydrogens is 248 g/mol. The van der Waals surface area contributed by atoms with Crippen LogP contribution in [-0.4, -0.2) is 22.6 Å². The molecule has 2 aromatic rings. The zero-order valence-electron chi connectivity index (χ0n) is 10.5. The van der Waals surface area contributed by atoms with Crippen LogP contribution in [0.2, 0.25) is 0 Å². The minimum atomic E-state index is -0.753. The Labute approximate surface area is 108 Å². The highest BCUT2D eigenvalue weighted by atomic mass is 16.5. The Morgan fingerprint density at radius 1 is 1.21 bits per heavy atom. The third-order valence-corrected chi connectivity index (χ3v) is 2.70. The summed E-state index contributed by atoms with van der Waals surface area (Å²) in [5, 5.41) is 0. The number of methoxy groups -OCH3 is 1. The van der Waals surface area contributed by atoms with Crippen molar-refractivity contribution in [2.45, 2.75) is 6.92 Å². The maximum absolute atomic E-state index is 12.1. The highest BCUT2D eigenvalue weighted by molar-refractivity contribution is 5.95. The molecule has 1 aromatic carbocycles. The van der Waals surface area contributed by atoms with Crippen molar-refractivity contribution < 1.29 is 9.53 Å². The van der Waals surface area contributed by atoms with E-state index in [-0.39, 0.29) is 5.56 Å². The van der Waals surface area contributed by atoms with E-state index >= 15 is 0 Å². The fraction of sp³-hybridized carbons (Fsp3) is 0.154. The van der Waals surface area contributed by atoms with Crippen molar-refractivity contribution in [2.75, 3.05) is 7.11 Å². The van der Waals surface area contributed by atoms with E-state index in [4.69, 9.17) is 4.74 Å². The van der Waals surface area contributed by atoms with Crippen LogP contribution in [0, 0.1) is 6.92 Å². The first kappa shape index (κ1) is 12.8. The molecule has 0 saturated heterocycles. The van der Waals surface area contributed by atoms with Crippen molar-refractivity contribution in [3.8, 4) is 5.75 Å². The predicted molar refractivity (Wildman–Crippen MR) is 68.8 cm³/mol. The zero-order chi connectivity index (χ0) is 14.0. The molecule has 0 aliphatic carbocycles. The van der Waals surface area contributed by atoms with Crippen LogP contribution in [0.4, 0.5) is 0 Å². The van der Waals surface area contributed by atoms with Gasteiger partial charge in [0.2, 0.25) is 0 Å². The normalized spacial score (nSPS) is 10.2. The summed E-state index contributed by atoms with van der Waals surface area (Å²) in [5.74, 6) is -0.0837. The van der Waals surface area contributed by atoms with Gasteiger partial charge in [-0.15, -0.1) is 0 Å². The second-order valence-electron chi connectivity index (χ2n) is 3.95. The molecule has 1 heterocycles. The molecule has 0 aliphatic heterocycles. The molecule has 0 unspecified atom stereocenters. The molecule has 0 bridgehead atoms. The molecular formula is C13H12N2O4. The molecule has 0 atom stereocenters. The van der Waals surface area contributed by atoms with Gasteiger partial charge in [0, 0.05) is 17.3 Å². The van der Waals surface area contributed by atoms with Crippen LogP contribution >= 0.6 is 0 Å². The summed E-state index contributed by atoms with van der Waals surface area (Å²) >= 11 is 0. The van der Waals surface area contributed by atoms with E-state index in [1.165, 1.54) is 32.4 Å². The number of H-pyrrole nitrogens is 1. The van der Waals surface area contributed by atoms with E-state index in [1.807, 2.05) is 0 Å². The Hall–Kier alpha value is -2.63. The molecule has 2 rings (SSSR count). The number of benzene rings is 1. The highest BCUT2D eigenvalue weighted by Crippen LogP contribution is 2.11. The molecule has 1 N–H and O–H groups in total. The van der Waals surface area contributed by atoms with Gasteiger partial charge in [-0.2, -0.15) is 4.57 Å². The van der Waals surface area contributed by atoms with Gasteiger partial charge in [-0.05, 0) is 31.2 Å². The van der Waals surface area contributed by atoms with Crippen LogP contribution in [-0.2, 0) is 0 Å². The van der Waals surface area contributed by atoms with Gasteiger partial charge < -0.3 is 9.72 Å². The number of aryl methyl sites for hydroxylation is 1. The van der Waals surface area contributed by atoms with Gasteiger partial charge in [-0.1, -0.05) is 0 Å². The molecule has 0 fully saturated rings. The maximum atomic E-state index is 12.1. The predicted octanol–water partition coefficient (Wildman–Crippen LogP) is 0.542. The van der Waals surface area contributed by atoms with Gasteiger partial charge in [0.1, 0.15) is 5.75 Å². The summed E-state index contributed by atoms with van der Waals surface area (Å²) < 4.78 is 5.55. The molecule has 98 valence electrons. The van der Waals surface area contributed by atoms with Crippen LogP contribution in [0.15, 0.2) is 40.1 Å². The fourth-order valence-corrected chi connectivity index (χ4v) is 1.61. The summed E-state index contributed by atoms with van der Waals surface area (Å²) in [6.07, 6.45) is 1.28. The second kappa shape index (κ2) is 4.93. The molecule has 6 nitrogen and oxygen atoms in total. The molecule has 0 saturated carbocycles. The minimum Gasteiger partial charge on any atom is -0.497 e. The average molecular weight is 260 g/mol. The Kier molecular flexibility index (Phi) is 3.33. The molecule has 6 heteroatoms. The molecule has 0 spiro atoms. The first-order valence-electron chi connectivity index (χ1n) is 5.54. The Morgan fingerprint density at radius 3 is 2.42 bits per heavy atom. The van der Waals surface area contributed by atoms with Crippen LogP contribution < -0.4 is 16.0 Å². The summed E-state index contributed by atoms with van der Waals surface area (Å²) in [5.41, 5.74) is -0.846. The van der Waals surface area contributed by atoms with Crippen molar-refractivity contribution in [3.63, 3.8) is 0 Å². The molecule has 1 aromatic heterocycles. The molecule has 19 heavy (non-hydrogen) atoms. The van der Waals surface area contributed by atoms with E-state index in [0.717, 1.165) is 0 Å². The number of nitrogens with zero attached hydrogens (tertiary/aromatic N) is 1. The van der Waals surface area contributed by atoms with Crippen LogP contribution in [0.5, 0.6) is 5.75 Å². The number of carbonyl (C=O) groups is 1. The smallest absolute Gasteiger partial charge is 0.335 e. The standard InChI is InChI=1S/C13H12N2O4/c1-8-7-14-13(18)15(11(8)16)12(17)9-3-5-10(19-2)6-4-9/h3-7H,1-2H3,(H,14,18). The number of carbonyl (C=O) groups excluding carboxylic acids is 1. The summed E-state index contributed by atoms with van der Waals surface area (Å²) in [7, 11) is 1.51. The largest absolute Gasteiger partial charge is 0.497 e. The second-order valence-corrected chi connectivity index (χ2v) is 3.95. The van der Waals surface area contributed by atoms with Crippen LogP contribution in [0.1, 0.15) is 15.9 Å². The lowest BCUT2D eigenvalue weighted by Gasteiger charge is -2.05. The third-order valence-electron chi connectivity index (χ3n) is 2.70. The number of aromatic amines is 1. The number of hydrogen-bond acceptors (Lipinski definition) is 4. The van der Waals surface area contributed by atoms with Gasteiger partial charge in [0.25, 0.3) is 11.5 Å². The van der Waals surface area contributed by atoms with Crippen molar-refractivity contribution in [3.05, 3.63) is 62.4 Å². The van der Waals surface area contributed by atoms with Crippen molar-refractivity contribution in [1.82, 2.24) is 9.55 Å². The SMILES string of the molecule is COc1ccc(C(=O)n2c(=O)[nH]cc(C)c2=O)cc1. The monoisotopic (exact) mass is 260 g/mol. The number of rotatable bonds is 2. The van der Waals surface area contributed by atoms with Crippen molar-refractivity contribution in [2.24, 2.45) is 0 Å². The highest BCUT2D eigenvalue weighted by Gasteiger charge is 2.14. The van der Waals surface area contributed by atoms with Gasteiger partial charge in [-0.25, -0.2) is 4.79 Å². The van der Waals surface area contributed by atoms with Gasteiger partial charge in [-0.3, -0.25) is 9.59 Å². The first-order chi connectivity index (χ1) is 9.04. The van der Waals surface area contributed by atoms with Gasteiger partial charge >= 0.3 is 5.69 Å². The maximum Gasteiger partial charge on any atom is 0.335 e. The lowest BCUT2D eigenvalue weighted by molar-refractivity contribution is 0.0950. The van der Waals surface area contributed by atoms with E-state index in [9.17, 15) is 14.4 Å². The average Bonchev–Trinajstić information content (AvgIpc) is 2.43. The summed E-state index contributed by atoms with van der Waals surface area (Å²) in [6.45, 7) is 1.52. The van der Waals surface area contributed by atoms with Gasteiger partial charge in [0.15, 0.2) is 0 Å². The third kappa shape index (κ3) is 2.33. The Bertz CT molecular complexity index is 726. The molecule has 0 radical (unpaired) electrons. The van der Waals surface area contributed by atoms with E-state index in [1.54, 1.807) is 12.1 Å². The van der Waals surface area contributed by atoms with E-state index < -0.39 is 17.2 Å². The first-order valence-corrected chi connectivity index (χ1v) is 5.54. The van der Waals surface area contributed by atoms with Crippen LogP contribution in [0.25, 0.3) is 0 Å². The number of ether oxygens (including phenoxy) is 1. The number of aromatic nitrogens is 2. The van der Waals surface area contributed by atoms with Crippen molar-refractivity contribution in [1.29, 1.82) is 0 Å². The molecule has 0 amide bonds. The minimum absolute atomic E-state index is 0.235. The lowest BCUT2D eigenvalue weighted by Crippen LogP contribution is -2.40. The fourth-order valence-electron chi connectivity index (χ4n) is 1.61. The molecule has 0 aliphatic rings. The Morgan fingerprint density at radius 2 is 1.84 bits per heavy atom. The van der Waals surface area contributed by atoms with Gasteiger partial charge in [0.05, 0.1) is 7.11 Å². The summed E-state index contributed by atoms with van der Waals surface area (Å²) in [4.78, 5) is 37.9. The number of nitrogens with one attached hydrogen (secondary N) is 1. The van der Waals surface area contributed by atoms with Crippen molar-refractivity contribution >= 4 is 5.91 Å². The van der Waals surface area contributed by atoms with E-state index in [2.05, 4.69) is 4.98 Å². The zero-order valence-corrected chi connectivity index (χ0v) is 10.5. The summed E-state index contributed by atoms with van der Waals surface area (Å²) in [6, 6.07) is 6.16. The topological polar surface area (TPSA) is 81.2 Å². The quantitative estimate of drug-likeness (QED) is 0.854. The number of hydrogen-bond donors (Lipinski definition) is 1. The van der Waals surface area contributed by atoms with Crippen LogP contribution in [0.3, 0.4) is 0 Å². The van der Waals surface area contributed by atoms with E-state index in [0.29, 0.717) is 15.9 Å². The lowest BCUT2D eigenvalue weighted by atomic mass is 10.2.